The van der Waals surface area contributed by atoms with Crippen molar-refractivity contribution in [1.29, 1.82) is 0 Å². The lowest BCUT2D eigenvalue weighted by atomic mass is 9.53. The van der Waals surface area contributed by atoms with Gasteiger partial charge in [-0.05, 0) is 44.1 Å². The summed E-state index contributed by atoms with van der Waals surface area (Å²) in [5.74, 6) is 2.47. The Balaban J connectivity index is 1.80. The molecule has 1 unspecified atom stereocenters. The lowest BCUT2D eigenvalue weighted by molar-refractivity contribution is -0.00993. The molecular formula is C18H21NO3. The lowest BCUT2D eigenvalue weighted by Gasteiger charge is -2.56. The summed E-state index contributed by atoms with van der Waals surface area (Å²) < 4.78 is 11.9. The molecule has 0 amide bonds. The Kier molecular flexibility index (Phi) is 2.32. The number of rotatable bonds is 1. The van der Waals surface area contributed by atoms with Crippen molar-refractivity contribution in [1.82, 2.24) is 4.90 Å². The molecule has 116 valence electrons. The first-order valence-electron chi connectivity index (χ1n) is 8.12. The molecule has 0 aromatic heterocycles. The first-order chi connectivity index (χ1) is 10.6. The third kappa shape index (κ3) is 1.29. The van der Waals surface area contributed by atoms with Crippen LogP contribution in [0.1, 0.15) is 24.0 Å². The maximum absolute atomic E-state index is 10.3. The predicted molar refractivity (Wildman–Crippen MR) is 82.1 cm³/mol. The van der Waals surface area contributed by atoms with Crippen molar-refractivity contribution >= 4 is 0 Å². The molecule has 0 saturated carbocycles. The molecule has 1 aromatic rings. The number of nitrogens with zero attached hydrogens (tertiary/aromatic N) is 1. The highest BCUT2D eigenvalue weighted by molar-refractivity contribution is 5.61. The molecule has 4 heteroatoms. The van der Waals surface area contributed by atoms with Gasteiger partial charge in [0.05, 0.1) is 12.9 Å². The molecule has 22 heavy (non-hydrogen) atoms. The van der Waals surface area contributed by atoms with Gasteiger partial charge in [-0.3, -0.25) is 0 Å². The smallest absolute Gasteiger partial charge is 0.165 e. The van der Waals surface area contributed by atoms with Crippen molar-refractivity contribution in [2.45, 2.75) is 36.8 Å². The van der Waals surface area contributed by atoms with E-state index >= 15 is 0 Å². The van der Waals surface area contributed by atoms with Gasteiger partial charge in [-0.1, -0.05) is 6.07 Å². The molecule has 1 aromatic carbocycles. The zero-order valence-corrected chi connectivity index (χ0v) is 13.0. The molecule has 4 aliphatic rings. The maximum atomic E-state index is 10.3. The highest BCUT2D eigenvalue weighted by Crippen LogP contribution is 2.62. The number of phenols is 1. The van der Waals surface area contributed by atoms with Gasteiger partial charge in [0.2, 0.25) is 0 Å². The van der Waals surface area contributed by atoms with Crippen LogP contribution in [0.2, 0.25) is 0 Å². The molecule has 1 fully saturated rings. The van der Waals surface area contributed by atoms with Gasteiger partial charge in [0.25, 0.3) is 0 Å². The topological polar surface area (TPSA) is 41.9 Å². The number of likely N-dealkylation sites (N-methyl/N-ethyl adjacent to an activating group) is 1. The van der Waals surface area contributed by atoms with E-state index in [-0.39, 0.29) is 17.3 Å². The van der Waals surface area contributed by atoms with Gasteiger partial charge in [-0.25, -0.2) is 0 Å². The molecule has 5 rings (SSSR count). The zero-order chi connectivity index (χ0) is 15.1. The van der Waals surface area contributed by atoms with Gasteiger partial charge in [0.15, 0.2) is 11.5 Å². The Bertz CT molecular complexity index is 698. The minimum Gasteiger partial charge on any atom is -0.504 e. The summed E-state index contributed by atoms with van der Waals surface area (Å²) in [5.41, 5.74) is 2.68. The first kappa shape index (κ1) is 12.8. The van der Waals surface area contributed by atoms with E-state index < -0.39 is 0 Å². The van der Waals surface area contributed by atoms with Gasteiger partial charge in [0.1, 0.15) is 6.10 Å². The first-order valence-corrected chi connectivity index (χ1v) is 8.12. The summed E-state index contributed by atoms with van der Waals surface area (Å²) in [6, 6.07) is 4.39. The molecule has 0 radical (unpaired) electrons. The Morgan fingerprint density at radius 2 is 2.23 bits per heavy atom. The number of methoxy groups -OCH3 is 1. The summed E-state index contributed by atoms with van der Waals surface area (Å²) >= 11 is 0. The second kappa shape index (κ2) is 3.99. The van der Waals surface area contributed by atoms with Gasteiger partial charge in [-0.15, -0.1) is 0 Å². The minimum atomic E-state index is 0.0286. The molecule has 2 aliphatic carbocycles. The number of piperidine rings is 1. The number of hydrogen-bond donors (Lipinski definition) is 1. The number of phenolic OH excluding ortho intramolecular Hbond substituents is 1. The maximum Gasteiger partial charge on any atom is 0.165 e. The van der Waals surface area contributed by atoms with E-state index in [1.54, 1.807) is 13.2 Å². The zero-order valence-electron chi connectivity index (χ0n) is 13.0. The third-order valence-corrected chi connectivity index (χ3v) is 6.42. The number of ether oxygens (including phenoxy) is 2. The highest BCUT2D eigenvalue weighted by atomic mass is 16.5. The van der Waals surface area contributed by atoms with E-state index in [2.05, 4.69) is 24.1 Å². The fourth-order valence-electron chi connectivity index (χ4n) is 5.39. The van der Waals surface area contributed by atoms with Crippen LogP contribution in [0.5, 0.6) is 11.5 Å². The quantitative estimate of drug-likeness (QED) is 0.863. The van der Waals surface area contributed by atoms with Crippen molar-refractivity contribution < 1.29 is 14.6 Å². The van der Waals surface area contributed by atoms with Crippen LogP contribution in [0, 0.1) is 5.92 Å². The van der Waals surface area contributed by atoms with Crippen LogP contribution in [0.3, 0.4) is 0 Å². The SMILES string of the molecule is COC1=CC2[C@H]3Cc4ccc(O)c5c4[C@@]2(CCN3C)[C@@H](C1)O5. The predicted octanol–water partition coefficient (Wildman–Crippen LogP) is 2.20. The normalized spacial score (nSPS) is 38.1. The van der Waals surface area contributed by atoms with Crippen LogP contribution < -0.4 is 4.74 Å². The molecule has 2 aliphatic heterocycles. The van der Waals surface area contributed by atoms with Crippen molar-refractivity contribution in [2.24, 2.45) is 5.92 Å². The van der Waals surface area contributed by atoms with Gasteiger partial charge >= 0.3 is 0 Å². The highest BCUT2D eigenvalue weighted by Gasteiger charge is 2.63. The van der Waals surface area contributed by atoms with Gasteiger partial charge in [0, 0.05) is 29.4 Å². The Morgan fingerprint density at radius 1 is 1.36 bits per heavy atom. The van der Waals surface area contributed by atoms with Crippen molar-refractivity contribution in [3.63, 3.8) is 0 Å². The number of hydrogen-bond acceptors (Lipinski definition) is 4. The average molecular weight is 299 g/mol. The van der Waals surface area contributed by atoms with E-state index in [0.29, 0.717) is 12.0 Å². The Morgan fingerprint density at radius 3 is 3.05 bits per heavy atom. The van der Waals surface area contributed by atoms with Crippen molar-refractivity contribution in [3.05, 3.63) is 35.1 Å². The standard InChI is InChI=1S/C18H21NO3/c1-19-6-5-18-12-8-11(21-2)9-15(18)22-17-14(20)4-3-10(16(17)18)7-13(12)19/h3-4,8,12-13,15,20H,5-7,9H2,1-2H3/t12?,13-,15-,18-/m1/s1. The summed E-state index contributed by atoms with van der Waals surface area (Å²) in [5, 5.41) is 10.3. The number of aromatic hydroxyl groups is 1. The van der Waals surface area contributed by atoms with E-state index in [0.717, 1.165) is 37.3 Å². The Hall–Kier alpha value is -1.68. The second-order valence-electron chi connectivity index (χ2n) is 7.16. The second-order valence-corrected chi connectivity index (χ2v) is 7.16. The molecule has 1 spiro atoms. The van der Waals surface area contributed by atoms with Crippen LogP contribution in [0.25, 0.3) is 0 Å². The third-order valence-electron chi connectivity index (χ3n) is 6.42. The van der Waals surface area contributed by atoms with Crippen LogP contribution in [0.4, 0.5) is 0 Å². The number of benzene rings is 1. The molecule has 4 nitrogen and oxygen atoms in total. The summed E-state index contributed by atoms with van der Waals surface area (Å²) in [4.78, 5) is 2.48. The summed E-state index contributed by atoms with van der Waals surface area (Å²) in [6.45, 7) is 1.09. The van der Waals surface area contributed by atoms with E-state index in [1.165, 1.54) is 11.1 Å². The largest absolute Gasteiger partial charge is 0.504 e. The van der Waals surface area contributed by atoms with Gasteiger partial charge in [-0.2, -0.15) is 0 Å². The summed E-state index contributed by atoms with van der Waals surface area (Å²) in [6.07, 6.45) is 5.34. The molecule has 4 atom stereocenters. The Labute approximate surface area is 130 Å². The van der Waals surface area contributed by atoms with Crippen molar-refractivity contribution in [3.8, 4) is 11.5 Å². The molecule has 2 bridgehead atoms. The molecular weight excluding hydrogens is 278 g/mol. The molecule has 1 N–H and O–H groups in total. The van der Waals surface area contributed by atoms with Crippen LogP contribution in [0.15, 0.2) is 24.0 Å². The van der Waals surface area contributed by atoms with Crippen LogP contribution in [-0.2, 0) is 16.6 Å². The lowest BCUT2D eigenvalue weighted by Crippen LogP contribution is -2.62. The fourth-order valence-corrected chi connectivity index (χ4v) is 5.39. The van der Waals surface area contributed by atoms with E-state index in [9.17, 15) is 5.11 Å². The average Bonchev–Trinajstić information content (AvgIpc) is 2.86. The summed E-state index contributed by atoms with van der Waals surface area (Å²) in [7, 11) is 3.97. The fraction of sp³-hybridized carbons (Fsp3) is 0.556. The van der Waals surface area contributed by atoms with Crippen molar-refractivity contribution in [2.75, 3.05) is 20.7 Å². The monoisotopic (exact) mass is 299 g/mol. The van der Waals surface area contributed by atoms with Crippen LogP contribution in [-0.4, -0.2) is 42.9 Å². The molecule has 2 heterocycles. The molecule has 1 saturated heterocycles. The van der Waals surface area contributed by atoms with E-state index in [1.807, 2.05) is 0 Å². The minimum absolute atomic E-state index is 0.0286. The van der Waals surface area contributed by atoms with Gasteiger partial charge < -0.3 is 19.5 Å². The number of likely N-dealkylation sites (tertiary alicyclic amines) is 1. The van der Waals surface area contributed by atoms with E-state index in [4.69, 9.17) is 9.47 Å². The van der Waals surface area contributed by atoms with Crippen LogP contribution >= 0.6 is 0 Å².